The molecular formula is C18H14FN3O3. The highest BCUT2D eigenvalue weighted by Crippen LogP contribution is 2.23. The maximum Gasteiger partial charge on any atom is 0.272 e. The summed E-state index contributed by atoms with van der Waals surface area (Å²) in [6.45, 7) is 1.18. The minimum atomic E-state index is -0.676. The number of imide groups is 1. The summed E-state index contributed by atoms with van der Waals surface area (Å²) < 4.78 is 14.0. The van der Waals surface area contributed by atoms with E-state index >= 15 is 0 Å². The maximum atomic E-state index is 14.0. The Labute approximate surface area is 141 Å². The molecule has 0 fully saturated rings. The van der Waals surface area contributed by atoms with Crippen molar-refractivity contribution in [2.24, 2.45) is 0 Å². The van der Waals surface area contributed by atoms with Crippen molar-refractivity contribution in [1.29, 1.82) is 0 Å². The quantitative estimate of drug-likeness (QED) is 0.739. The minimum absolute atomic E-state index is 0.117. The molecule has 0 aliphatic heterocycles. The minimum Gasteiger partial charge on any atom is -0.278 e. The average Bonchev–Trinajstić information content (AvgIpc) is 2.60. The lowest BCUT2D eigenvalue weighted by atomic mass is 10.0. The van der Waals surface area contributed by atoms with E-state index in [2.05, 4.69) is 10.2 Å². The highest BCUT2D eigenvalue weighted by molar-refractivity contribution is 6.05. The number of H-pyrrole nitrogens is 1. The van der Waals surface area contributed by atoms with Crippen LogP contribution in [0.4, 0.5) is 10.1 Å². The molecule has 0 spiro atoms. The number of carbonyl (C=O) groups excluding carboxylic acids is 2. The van der Waals surface area contributed by atoms with E-state index in [4.69, 9.17) is 0 Å². The molecule has 2 amide bonds. The summed E-state index contributed by atoms with van der Waals surface area (Å²) in [5, 5.41) is 7.71. The fourth-order valence-corrected chi connectivity index (χ4v) is 2.65. The Morgan fingerprint density at radius 2 is 1.96 bits per heavy atom. The molecule has 126 valence electrons. The number of nitrogens with one attached hydrogen (secondary N) is 1. The van der Waals surface area contributed by atoms with Crippen LogP contribution >= 0.6 is 0 Å². The van der Waals surface area contributed by atoms with E-state index in [9.17, 15) is 18.8 Å². The van der Waals surface area contributed by atoms with Gasteiger partial charge in [-0.3, -0.25) is 19.3 Å². The number of carbonyl (C=O) groups is 2. The Kier molecular flexibility index (Phi) is 4.38. The molecule has 6 nitrogen and oxygen atoms in total. The number of anilines is 1. The number of benzene rings is 2. The Balaban J connectivity index is 2.05. The normalized spacial score (nSPS) is 10.6. The number of amides is 2. The highest BCUT2D eigenvalue weighted by atomic mass is 19.1. The molecule has 0 aliphatic rings. The molecule has 0 atom stereocenters. The number of halogens is 1. The van der Waals surface area contributed by atoms with Gasteiger partial charge in [0.05, 0.1) is 16.8 Å². The van der Waals surface area contributed by atoms with Crippen LogP contribution in [0.25, 0.3) is 10.8 Å². The second kappa shape index (κ2) is 6.64. The van der Waals surface area contributed by atoms with E-state index in [1.165, 1.54) is 19.1 Å². The first-order chi connectivity index (χ1) is 12.0. The summed E-state index contributed by atoms with van der Waals surface area (Å²) in [6.07, 6.45) is 0.577. The lowest BCUT2D eigenvalue weighted by molar-refractivity contribution is -0.120. The molecule has 0 saturated heterocycles. The maximum absolute atomic E-state index is 14.0. The smallest absolute Gasteiger partial charge is 0.272 e. The number of rotatable bonds is 4. The van der Waals surface area contributed by atoms with E-state index < -0.39 is 11.7 Å². The van der Waals surface area contributed by atoms with Crippen LogP contribution in [0.2, 0.25) is 0 Å². The highest BCUT2D eigenvalue weighted by Gasteiger charge is 2.16. The SMILES string of the molecule is CC(=O)N(C=O)c1cc(Cc2n[nH]c(=O)c3ccccc23)ccc1F. The second-order valence-corrected chi connectivity index (χ2v) is 5.50. The predicted molar refractivity (Wildman–Crippen MR) is 90.8 cm³/mol. The molecule has 25 heavy (non-hydrogen) atoms. The molecule has 3 aromatic rings. The van der Waals surface area contributed by atoms with Crippen molar-refractivity contribution in [3.05, 3.63) is 69.9 Å². The molecule has 0 saturated carbocycles. The van der Waals surface area contributed by atoms with Gasteiger partial charge in [-0.05, 0) is 23.8 Å². The van der Waals surface area contributed by atoms with Crippen LogP contribution in [0, 0.1) is 5.82 Å². The molecule has 1 N–H and O–H groups in total. The van der Waals surface area contributed by atoms with Gasteiger partial charge in [0.2, 0.25) is 12.3 Å². The second-order valence-electron chi connectivity index (χ2n) is 5.50. The van der Waals surface area contributed by atoms with Crippen LogP contribution in [-0.2, 0) is 16.0 Å². The molecule has 3 rings (SSSR count). The largest absolute Gasteiger partial charge is 0.278 e. The van der Waals surface area contributed by atoms with Gasteiger partial charge in [0, 0.05) is 18.7 Å². The third-order valence-corrected chi connectivity index (χ3v) is 3.86. The molecular weight excluding hydrogens is 325 g/mol. The van der Waals surface area contributed by atoms with Gasteiger partial charge in [-0.2, -0.15) is 5.10 Å². The van der Waals surface area contributed by atoms with Crippen molar-refractivity contribution >= 4 is 28.8 Å². The van der Waals surface area contributed by atoms with Gasteiger partial charge in [0.15, 0.2) is 0 Å². The number of nitrogens with zero attached hydrogens (tertiary/aromatic N) is 2. The van der Waals surface area contributed by atoms with E-state index in [0.717, 1.165) is 0 Å². The van der Waals surface area contributed by atoms with Gasteiger partial charge in [-0.15, -0.1) is 0 Å². The lowest BCUT2D eigenvalue weighted by Gasteiger charge is -2.15. The van der Waals surface area contributed by atoms with Gasteiger partial charge < -0.3 is 0 Å². The topological polar surface area (TPSA) is 83.1 Å². The van der Waals surface area contributed by atoms with Gasteiger partial charge in [0.1, 0.15) is 5.82 Å². The fourth-order valence-electron chi connectivity index (χ4n) is 2.65. The first kappa shape index (κ1) is 16.5. The number of aromatic nitrogens is 2. The van der Waals surface area contributed by atoms with Gasteiger partial charge in [-0.25, -0.2) is 9.49 Å². The van der Waals surface area contributed by atoms with E-state index in [0.29, 0.717) is 33.4 Å². The van der Waals surface area contributed by atoms with Crippen LogP contribution in [0.5, 0.6) is 0 Å². The average molecular weight is 339 g/mol. The third kappa shape index (κ3) is 3.16. The van der Waals surface area contributed by atoms with Crippen LogP contribution < -0.4 is 10.5 Å². The Bertz CT molecular complexity index is 1030. The van der Waals surface area contributed by atoms with Crippen molar-refractivity contribution in [2.45, 2.75) is 13.3 Å². The molecule has 1 aromatic heterocycles. The van der Waals surface area contributed by atoms with Gasteiger partial charge in [0.25, 0.3) is 5.56 Å². The van der Waals surface area contributed by atoms with Crippen LogP contribution in [0.1, 0.15) is 18.2 Å². The summed E-state index contributed by atoms with van der Waals surface area (Å²) in [5.74, 6) is -1.26. The first-order valence-electron chi connectivity index (χ1n) is 7.51. The summed E-state index contributed by atoms with van der Waals surface area (Å²) >= 11 is 0. The van der Waals surface area contributed by atoms with E-state index in [1.807, 2.05) is 0 Å². The molecule has 0 radical (unpaired) electrons. The van der Waals surface area contributed by atoms with Gasteiger partial charge >= 0.3 is 0 Å². The van der Waals surface area contributed by atoms with Crippen molar-refractivity contribution in [2.75, 3.05) is 4.90 Å². The lowest BCUT2D eigenvalue weighted by Crippen LogP contribution is -2.27. The van der Waals surface area contributed by atoms with E-state index in [1.54, 1.807) is 30.3 Å². The van der Waals surface area contributed by atoms with Crippen LogP contribution in [-0.4, -0.2) is 22.5 Å². The van der Waals surface area contributed by atoms with Crippen LogP contribution in [0.3, 0.4) is 0 Å². The number of hydrogen-bond donors (Lipinski definition) is 1. The van der Waals surface area contributed by atoms with Crippen molar-refractivity contribution in [3.63, 3.8) is 0 Å². The third-order valence-electron chi connectivity index (χ3n) is 3.86. The zero-order valence-electron chi connectivity index (χ0n) is 13.3. The predicted octanol–water partition coefficient (Wildman–Crippen LogP) is 2.16. The Hall–Kier alpha value is -3.35. The zero-order valence-corrected chi connectivity index (χ0v) is 13.3. The summed E-state index contributed by atoms with van der Waals surface area (Å²) in [6, 6.07) is 11.2. The van der Waals surface area contributed by atoms with Gasteiger partial charge in [-0.1, -0.05) is 24.3 Å². The number of aromatic amines is 1. The number of hydrogen-bond acceptors (Lipinski definition) is 4. The van der Waals surface area contributed by atoms with Crippen molar-refractivity contribution in [3.8, 4) is 0 Å². The zero-order chi connectivity index (χ0) is 18.0. The molecule has 2 aromatic carbocycles. The monoisotopic (exact) mass is 339 g/mol. The van der Waals surface area contributed by atoms with Crippen LogP contribution in [0.15, 0.2) is 47.3 Å². The standard InChI is InChI=1S/C18H14FN3O3/c1-11(24)22(10-23)17-9-12(6-7-15(17)19)8-16-13-4-2-3-5-14(13)18(25)21-20-16/h2-7,9-10H,8H2,1H3,(H,21,25). The molecule has 7 heteroatoms. The van der Waals surface area contributed by atoms with Crippen molar-refractivity contribution < 1.29 is 14.0 Å². The van der Waals surface area contributed by atoms with Crippen molar-refractivity contribution in [1.82, 2.24) is 10.2 Å². The molecule has 1 heterocycles. The van der Waals surface area contributed by atoms with E-state index in [-0.39, 0.29) is 17.7 Å². The summed E-state index contributed by atoms with van der Waals surface area (Å²) in [7, 11) is 0. The number of fused-ring (bicyclic) bond motifs is 1. The Morgan fingerprint density at radius 1 is 1.24 bits per heavy atom. The Morgan fingerprint density at radius 3 is 2.64 bits per heavy atom. The fraction of sp³-hybridized carbons (Fsp3) is 0.111. The molecule has 0 unspecified atom stereocenters. The first-order valence-corrected chi connectivity index (χ1v) is 7.51. The summed E-state index contributed by atoms with van der Waals surface area (Å²) in [4.78, 5) is 35.1. The molecule has 0 aliphatic carbocycles. The molecule has 0 bridgehead atoms. The summed E-state index contributed by atoms with van der Waals surface area (Å²) in [5.41, 5.74) is 0.846.